The molecule has 1 fully saturated rings. The van der Waals surface area contributed by atoms with E-state index in [1.54, 1.807) is 28.4 Å². The van der Waals surface area contributed by atoms with Crippen molar-refractivity contribution in [2.75, 3.05) is 54.6 Å². The number of benzene rings is 2. The number of rotatable bonds is 4. The van der Waals surface area contributed by atoms with Gasteiger partial charge in [-0.05, 0) is 59.4 Å². The van der Waals surface area contributed by atoms with Crippen molar-refractivity contribution in [1.29, 1.82) is 0 Å². The van der Waals surface area contributed by atoms with E-state index in [4.69, 9.17) is 18.9 Å². The lowest BCUT2D eigenvalue weighted by molar-refractivity contribution is 0.00497. The molecule has 0 aromatic heterocycles. The molecule has 2 aromatic carbocycles. The molecule has 5 rings (SSSR count). The van der Waals surface area contributed by atoms with Gasteiger partial charge in [0.25, 0.3) is 0 Å². The predicted molar refractivity (Wildman–Crippen MR) is 115 cm³/mol. The summed E-state index contributed by atoms with van der Waals surface area (Å²) in [7, 11) is 6.84. The van der Waals surface area contributed by atoms with Gasteiger partial charge in [-0.3, -0.25) is 9.80 Å². The molecule has 0 N–H and O–H groups in total. The van der Waals surface area contributed by atoms with Crippen LogP contribution < -0.4 is 18.9 Å². The second-order valence-electron chi connectivity index (χ2n) is 8.27. The van der Waals surface area contributed by atoms with E-state index < -0.39 is 0 Å². The molecule has 0 bridgehead atoms. The number of hydrogen-bond donors (Lipinski definition) is 0. The van der Waals surface area contributed by atoms with Gasteiger partial charge in [-0.15, -0.1) is 0 Å². The van der Waals surface area contributed by atoms with Gasteiger partial charge in [-0.1, -0.05) is 0 Å². The van der Waals surface area contributed by atoms with Crippen molar-refractivity contribution >= 4 is 0 Å². The minimum absolute atomic E-state index is 0.291. The summed E-state index contributed by atoms with van der Waals surface area (Å²) in [6, 6.07) is 9.32. The molecule has 0 aliphatic carbocycles. The number of fused-ring (bicyclic) bond motifs is 7. The van der Waals surface area contributed by atoms with Gasteiger partial charge < -0.3 is 18.9 Å². The van der Waals surface area contributed by atoms with Crippen LogP contribution in [0.1, 0.15) is 34.3 Å². The quantitative estimate of drug-likeness (QED) is 0.771. The average molecular weight is 411 g/mol. The first-order valence-corrected chi connectivity index (χ1v) is 10.7. The van der Waals surface area contributed by atoms with E-state index in [1.165, 1.54) is 22.3 Å². The summed E-state index contributed by atoms with van der Waals surface area (Å²) in [5.74, 6) is 3.23. The summed E-state index contributed by atoms with van der Waals surface area (Å²) in [6.07, 6.45) is 2.08. The molecular formula is C24H30N2O4. The lowest BCUT2D eigenvalue weighted by atomic mass is 9.79. The number of methoxy groups -OCH3 is 4. The van der Waals surface area contributed by atoms with Gasteiger partial charge in [0.2, 0.25) is 0 Å². The molecule has 160 valence electrons. The van der Waals surface area contributed by atoms with Crippen LogP contribution in [0, 0.1) is 0 Å². The van der Waals surface area contributed by atoms with Crippen LogP contribution in [0.15, 0.2) is 24.3 Å². The smallest absolute Gasteiger partial charge is 0.161 e. The Kier molecular flexibility index (Phi) is 4.99. The van der Waals surface area contributed by atoms with Crippen molar-refractivity contribution in [2.24, 2.45) is 0 Å². The van der Waals surface area contributed by atoms with Crippen LogP contribution in [0.4, 0.5) is 0 Å². The SMILES string of the molecule is COc1cc2c(cc1OC)[C@@H]1[C@@H]3c4cc(OC)c(OC)cc4CCN3CCN1CC2. The Balaban J connectivity index is 1.66. The van der Waals surface area contributed by atoms with Crippen molar-refractivity contribution < 1.29 is 18.9 Å². The van der Waals surface area contributed by atoms with E-state index in [1.807, 2.05) is 0 Å². The van der Waals surface area contributed by atoms with Gasteiger partial charge in [0.15, 0.2) is 23.0 Å². The lowest BCUT2D eigenvalue weighted by Gasteiger charge is -2.52. The summed E-state index contributed by atoms with van der Waals surface area (Å²) < 4.78 is 22.5. The third kappa shape index (κ3) is 2.93. The van der Waals surface area contributed by atoms with Crippen LogP contribution in [0.2, 0.25) is 0 Å². The van der Waals surface area contributed by atoms with Crippen molar-refractivity contribution in [3.63, 3.8) is 0 Å². The van der Waals surface area contributed by atoms with Crippen LogP contribution >= 0.6 is 0 Å². The van der Waals surface area contributed by atoms with E-state index in [2.05, 4.69) is 34.1 Å². The third-order valence-electron chi connectivity index (χ3n) is 7.03. The molecule has 2 aromatic rings. The van der Waals surface area contributed by atoms with Crippen LogP contribution in [0.25, 0.3) is 0 Å². The number of hydrogen-bond acceptors (Lipinski definition) is 6. The Bertz CT molecular complexity index is 883. The summed E-state index contributed by atoms with van der Waals surface area (Å²) >= 11 is 0. The largest absolute Gasteiger partial charge is 0.493 e. The predicted octanol–water partition coefficient (Wildman–Crippen LogP) is 3.23. The molecule has 2 atom stereocenters. The molecule has 0 amide bonds. The molecule has 3 aliphatic heterocycles. The van der Waals surface area contributed by atoms with Gasteiger partial charge in [0, 0.05) is 26.2 Å². The van der Waals surface area contributed by atoms with E-state index >= 15 is 0 Å². The molecule has 1 saturated heterocycles. The highest BCUT2D eigenvalue weighted by Crippen LogP contribution is 2.50. The summed E-state index contributed by atoms with van der Waals surface area (Å²) in [6.45, 7) is 4.33. The molecule has 0 unspecified atom stereocenters. The molecule has 6 nitrogen and oxygen atoms in total. The second kappa shape index (κ2) is 7.67. The number of nitrogens with zero attached hydrogens (tertiary/aromatic N) is 2. The number of piperazine rings is 1. The Labute approximate surface area is 178 Å². The zero-order valence-corrected chi connectivity index (χ0v) is 18.2. The second-order valence-corrected chi connectivity index (χ2v) is 8.27. The highest BCUT2D eigenvalue weighted by molar-refractivity contribution is 5.53. The van der Waals surface area contributed by atoms with Crippen LogP contribution in [0.3, 0.4) is 0 Å². The summed E-state index contributed by atoms with van der Waals surface area (Å²) in [5.41, 5.74) is 5.44. The maximum Gasteiger partial charge on any atom is 0.161 e. The topological polar surface area (TPSA) is 43.4 Å². The monoisotopic (exact) mass is 410 g/mol. The molecule has 0 spiro atoms. The van der Waals surface area contributed by atoms with Gasteiger partial charge in [0.05, 0.1) is 40.5 Å². The van der Waals surface area contributed by atoms with Crippen LogP contribution in [-0.2, 0) is 12.8 Å². The van der Waals surface area contributed by atoms with E-state index in [9.17, 15) is 0 Å². The molecule has 0 radical (unpaired) electrons. The minimum atomic E-state index is 0.291. The Morgan fingerprint density at radius 3 is 1.30 bits per heavy atom. The van der Waals surface area contributed by atoms with E-state index in [-0.39, 0.29) is 0 Å². The molecular weight excluding hydrogens is 380 g/mol. The lowest BCUT2D eigenvalue weighted by Crippen LogP contribution is -2.54. The molecule has 6 heteroatoms. The standard InChI is InChI=1S/C24H30N2O4/c1-27-19-11-15-5-7-25-9-10-26-8-6-16-12-20(28-2)22(30-4)14-18(16)24(26)23(25)17(15)13-21(19)29-3/h11-14,23-24H,5-10H2,1-4H3/t23-,24+. The maximum absolute atomic E-state index is 5.66. The Hall–Kier alpha value is -2.44. The minimum Gasteiger partial charge on any atom is -0.493 e. The molecule has 0 saturated carbocycles. The van der Waals surface area contributed by atoms with Crippen molar-refractivity contribution in [3.05, 3.63) is 46.5 Å². The summed E-state index contributed by atoms with van der Waals surface area (Å²) in [4.78, 5) is 5.28. The molecule has 3 heterocycles. The number of ether oxygens (including phenoxy) is 4. The summed E-state index contributed by atoms with van der Waals surface area (Å²) in [5, 5.41) is 0. The van der Waals surface area contributed by atoms with Crippen molar-refractivity contribution in [3.8, 4) is 23.0 Å². The van der Waals surface area contributed by atoms with Crippen LogP contribution in [0.5, 0.6) is 23.0 Å². The first-order chi connectivity index (χ1) is 14.7. The zero-order valence-electron chi connectivity index (χ0n) is 18.2. The highest BCUT2D eigenvalue weighted by atomic mass is 16.5. The van der Waals surface area contributed by atoms with Gasteiger partial charge >= 0.3 is 0 Å². The van der Waals surface area contributed by atoms with Crippen LogP contribution in [-0.4, -0.2) is 64.4 Å². The van der Waals surface area contributed by atoms with E-state index in [0.717, 1.165) is 62.0 Å². The fourth-order valence-electron chi connectivity index (χ4n) is 5.56. The van der Waals surface area contributed by atoms with E-state index in [0.29, 0.717) is 12.1 Å². The average Bonchev–Trinajstić information content (AvgIpc) is 2.81. The normalized spacial score (nSPS) is 22.9. The van der Waals surface area contributed by atoms with Crippen molar-refractivity contribution in [1.82, 2.24) is 9.80 Å². The van der Waals surface area contributed by atoms with Gasteiger partial charge in [-0.2, -0.15) is 0 Å². The fraction of sp³-hybridized carbons (Fsp3) is 0.500. The third-order valence-corrected chi connectivity index (χ3v) is 7.03. The van der Waals surface area contributed by atoms with Crippen molar-refractivity contribution in [2.45, 2.75) is 24.9 Å². The van der Waals surface area contributed by atoms with Gasteiger partial charge in [0.1, 0.15) is 0 Å². The first-order valence-electron chi connectivity index (χ1n) is 10.7. The molecule has 3 aliphatic rings. The van der Waals surface area contributed by atoms with Gasteiger partial charge in [-0.25, -0.2) is 0 Å². The molecule has 30 heavy (non-hydrogen) atoms. The highest BCUT2D eigenvalue weighted by Gasteiger charge is 2.44. The maximum atomic E-state index is 5.66. The zero-order chi connectivity index (χ0) is 20.8. The first kappa shape index (κ1) is 19.5. The fourth-order valence-corrected chi connectivity index (χ4v) is 5.56. The Morgan fingerprint density at radius 1 is 0.567 bits per heavy atom. The Morgan fingerprint density at radius 2 is 0.933 bits per heavy atom.